The standard InChI is InChI=1S/C21H24O2.C12H18O4/c1-5-15-22-19-11-7-17(8-12-19)21(3,4)18-9-13-20(14-10-18)23-16-6-2;1-3-9-15-11(13)7-5-6-8-12(14)16-10-4-2/h5-14H,1-2,15-16H2,3-4H3;3-4H,1-2,5-10H2. The van der Waals surface area contributed by atoms with E-state index >= 15 is 0 Å². The van der Waals surface area contributed by atoms with Gasteiger partial charge in [0.15, 0.2) is 0 Å². The van der Waals surface area contributed by atoms with E-state index in [-0.39, 0.29) is 30.6 Å². The highest BCUT2D eigenvalue weighted by Gasteiger charge is 2.23. The monoisotopic (exact) mass is 534 g/mol. The first kappa shape index (κ1) is 33.0. The average Bonchev–Trinajstić information content (AvgIpc) is 2.95. The fourth-order valence-corrected chi connectivity index (χ4v) is 3.40. The van der Waals surface area contributed by atoms with E-state index in [1.54, 1.807) is 12.2 Å². The van der Waals surface area contributed by atoms with Gasteiger partial charge in [0.25, 0.3) is 0 Å². The van der Waals surface area contributed by atoms with Crippen molar-refractivity contribution in [2.75, 3.05) is 26.4 Å². The fourth-order valence-electron chi connectivity index (χ4n) is 3.40. The summed E-state index contributed by atoms with van der Waals surface area (Å²) in [4.78, 5) is 22.0. The van der Waals surface area contributed by atoms with E-state index in [9.17, 15) is 9.59 Å². The number of carbonyl (C=O) groups excluding carboxylic acids is 2. The number of hydrogen-bond acceptors (Lipinski definition) is 6. The summed E-state index contributed by atoms with van der Waals surface area (Å²) in [6, 6.07) is 16.5. The van der Waals surface area contributed by atoms with Gasteiger partial charge in [-0.3, -0.25) is 9.59 Å². The maximum atomic E-state index is 11.0. The van der Waals surface area contributed by atoms with Crippen LogP contribution < -0.4 is 9.47 Å². The Kier molecular flexibility index (Phi) is 16.1. The van der Waals surface area contributed by atoms with E-state index in [4.69, 9.17) is 18.9 Å². The lowest BCUT2D eigenvalue weighted by Gasteiger charge is -2.26. The zero-order valence-electron chi connectivity index (χ0n) is 23.4. The number of ether oxygens (including phenoxy) is 4. The van der Waals surface area contributed by atoms with Crippen molar-refractivity contribution in [1.82, 2.24) is 0 Å². The van der Waals surface area contributed by atoms with Crippen molar-refractivity contribution in [2.45, 2.75) is 44.9 Å². The second-order valence-electron chi connectivity index (χ2n) is 9.02. The van der Waals surface area contributed by atoms with Gasteiger partial charge in [0.05, 0.1) is 0 Å². The molecule has 0 N–H and O–H groups in total. The van der Waals surface area contributed by atoms with Crippen molar-refractivity contribution in [3.63, 3.8) is 0 Å². The Morgan fingerprint density at radius 1 is 0.615 bits per heavy atom. The summed E-state index contributed by atoms with van der Waals surface area (Å²) in [6.45, 7) is 20.1. The van der Waals surface area contributed by atoms with Gasteiger partial charge in [-0.15, -0.1) is 0 Å². The molecule has 0 aliphatic carbocycles. The minimum Gasteiger partial charge on any atom is -0.490 e. The molecule has 39 heavy (non-hydrogen) atoms. The van der Waals surface area contributed by atoms with Crippen LogP contribution in [0.3, 0.4) is 0 Å². The highest BCUT2D eigenvalue weighted by molar-refractivity contribution is 5.70. The molecule has 0 unspecified atom stereocenters. The van der Waals surface area contributed by atoms with Crippen LogP contribution in [0.4, 0.5) is 0 Å². The topological polar surface area (TPSA) is 71.1 Å². The summed E-state index contributed by atoms with van der Waals surface area (Å²) in [5.41, 5.74) is 2.39. The van der Waals surface area contributed by atoms with Crippen molar-refractivity contribution < 1.29 is 28.5 Å². The second-order valence-corrected chi connectivity index (χ2v) is 9.02. The predicted octanol–water partition coefficient (Wildman–Crippen LogP) is 7.15. The molecule has 0 atom stereocenters. The lowest BCUT2D eigenvalue weighted by Crippen LogP contribution is -2.18. The first-order valence-corrected chi connectivity index (χ1v) is 13.0. The quantitative estimate of drug-likeness (QED) is 0.122. The molecule has 0 fully saturated rings. The molecule has 0 radical (unpaired) electrons. The van der Waals surface area contributed by atoms with Gasteiger partial charge >= 0.3 is 11.9 Å². The third-order valence-electron chi connectivity index (χ3n) is 5.62. The van der Waals surface area contributed by atoms with Gasteiger partial charge in [-0.2, -0.15) is 0 Å². The van der Waals surface area contributed by atoms with Crippen LogP contribution in [0.25, 0.3) is 0 Å². The molecule has 0 aliphatic heterocycles. The average molecular weight is 535 g/mol. The molecule has 0 bridgehead atoms. The number of esters is 2. The highest BCUT2D eigenvalue weighted by Crippen LogP contribution is 2.33. The van der Waals surface area contributed by atoms with Crippen LogP contribution in [0.1, 0.15) is 50.7 Å². The Morgan fingerprint density at radius 2 is 0.949 bits per heavy atom. The Bertz CT molecular complexity index is 951. The summed E-state index contributed by atoms with van der Waals surface area (Å²) in [5.74, 6) is 1.19. The van der Waals surface area contributed by atoms with Gasteiger partial charge in [0.2, 0.25) is 0 Å². The number of rotatable bonds is 17. The van der Waals surface area contributed by atoms with Crippen LogP contribution in [-0.4, -0.2) is 38.4 Å². The van der Waals surface area contributed by atoms with Crippen molar-refractivity contribution in [2.24, 2.45) is 0 Å². The minimum absolute atomic E-state index is 0.0894. The molecular weight excluding hydrogens is 492 g/mol. The molecule has 0 amide bonds. The van der Waals surface area contributed by atoms with Crippen LogP contribution in [0, 0.1) is 0 Å². The maximum absolute atomic E-state index is 11.0. The van der Waals surface area contributed by atoms with E-state index in [0.29, 0.717) is 38.9 Å². The van der Waals surface area contributed by atoms with Crippen LogP contribution in [0.5, 0.6) is 11.5 Å². The SMILES string of the molecule is C=CCOC(=O)CCCCC(=O)OCC=C.C=CCOc1ccc(C(C)(C)c2ccc(OCC=C)cc2)cc1. The molecule has 0 saturated carbocycles. The third-order valence-corrected chi connectivity index (χ3v) is 5.62. The Balaban J connectivity index is 0.000000420. The first-order valence-electron chi connectivity index (χ1n) is 13.0. The molecule has 6 heteroatoms. The normalized spacial score (nSPS) is 10.2. The Morgan fingerprint density at radius 3 is 1.26 bits per heavy atom. The van der Waals surface area contributed by atoms with Crippen LogP contribution in [0.15, 0.2) is 99.2 Å². The fraction of sp³-hybridized carbons (Fsp3) is 0.333. The molecule has 2 aromatic rings. The van der Waals surface area contributed by atoms with Crippen LogP contribution in [-0.2, 0) is 24.5 Å². The van der Waals surface area contributed by atoms with Crippen molar-refractivity contribution in [3.05, 3.63) is 110 Å². The van der Waals surface area contributed by atoms with Gasteiger partial charge in [-0.25, -0.2) is 0 Å². The van der Waals surface area contributed by atoms with Crippen molar-refractivity contribution >= 4 is 11.9 Å². The summed E-state index contributed by atoms with van der Waals surface area (Å²) < 4.78 is 20.6. The lowest BCUT2D eigenvalue weighted by molar-refractivity contribution is -0.144. The lowest BCUT2D eigenvalue weighted by atomic mass is 9.78. The number of carbonyl (C=O) groups is 2. The van der Waals surface area contributed by atoms with Crippen LogP contribution >= 0.6 is 0 Å². The number of hydrogen-bond donors (Lipinski definition) is 0. The molecule has 0 spiro atoms. The molecule has 6 nitrogen and oxygen atoms in total. The number of unbranched alkanes of at least 4 members (excludes halogenated alkanes) is 1. The van der Waals surface area contributed by atoms with Crippen LogP contribution in [0.2, 0.25) is 0 Å². The van der Waals surface area contributed by atoms with Crippen molar-refractivity contribution in [3.8, 4) is 11.5 Å². The highest BCUT2D eigenvalue weighted by atomic mass is 16.5. The summed E-state index contributed by atoms with van der Waals surface area (Å²) in [7, 11) is 0. The van der Waals surface area contributed by atoms with E-state index in [1.165, 1.54) is 23.3 Å². The van der Waals surface area contributed by atoms with E-state index in [0.717, 1.165) is 11.5 Å². The molecule has 0 aliphatic rings. The van der Waals surface area contributed by atoms with E-state index < -0.39 is 0 Å². The molecule has 0 heterocycles. The Labute approximate surface area is 233 Å². The third kappa shape index (κ3) is 13.3. The first-order chi connectivity index (χ1) is 18.8. The molecular formula is C33H42O6. The molecule has 2 aromatic carbocycles. The van der Waals surface area contributed by atoms with E-state index in [2.05, 4.69) is 64.4 Å². The van der Waals surface area contributed by atoms with Gasteiger partial charge in [0.1, 0.15) is 37.9 Å². The van der Waals surface area contributed by atoms with Gasteiger partial charge < -0.3 is 18.9 Å². The largest absolute Gasteiger partial charge is 0.490 e. The summed E-state index contributed by atoms with van der Waals surface area (Å²) in [5, 5.41) is 0. The zero-order valence-corrected chi connectivity index (χ0v) is 23.4. The second kappa shape index (κ2) is 19.1. The van der Waals surface area contributed by atoms with Gasteiger partial charge in [-0.05, 0) is 48.2 Å². The molecule has 2 rings (SSSR count). The van der Waals surface area contributed by atoms with E-state index in [1.807, 2.05) is 24.3 Å². The molecule has 0 saturated heterocycles. The summed E-state index contributed by atoms with van der Waals surface area (Å²) in [6.07, 6.45) is 8.42. The Hall–Kier alpha value is -4.06. The molecule has 210 valence electrons. The van der Waals surface area contributed by atoms with Crippen molar-refractivity contribution in [1.29, 1.82) is 0 Å². The summed E-state index contributed by atoms with van der Waals surface area (Å²) >= 11 is 0. The smallest absolute Gasteiger partial charge is 0.306 e. The van der Waals surface area contributed by atoms with Gasteiger partial charge in [-0.1, -0.05) is 88.7 Å². The van der Waals surface area contributed by atoms with Gasteiger partial charge in [0, 0.05) is 18.3 Å². The maximum Gasteiger partial charge on any atom is 0.306 e. The number of benzene rings is 2. The zero-order chi connectivity index (χ0) is 28.9. The predicted molar refractivity (Wildman–Crippen MR) is 157 cm³/mol. The minimum atomic E-state index is -0.264. The molecule has 0 aromatic heterocycles.